The highest BCUT2D eigenvalue weighted by molar-refractivity contribution is 5.85. The summed E-state index contributed by atoms with van der Waals surface area (Å²) in [5.74, 6) is -0.649. The average Bonchev–Trinajstić information content (AvgIpc) is 3.46. The van der Waals surface area contributed by atoms with Gasteiger partial charge < -0.3 is 21.1 Å². The SMILES string of the molecule is CC(=O)[C@@H](CCCCNC(=O)CCCCCCCCCCCCCCCCC(=O)O)CCC(=O)C(N)Cc1cnc[nH]1. The van der Waals surface area contributed by atoms with Crippen LogP contribution < -0.4 is 11.1 Å². The van der Waals surface area contributed by atoms with Gasteiger partial charge in [0.1, 0.15) is 11.6 Å². The molecule has 0 fully saturated rings. The summed E-state index contributed by atoms with van der Waals surface area (Å²) in [4.78, 5) is 53.9. The minimum atomic E-state index is -0.687. The first-order valence-electron chi connectivity index (χ1n) is 16.5. The van der Waals surface area contributed by atoms with Crippen LogP contribution >= 0.6 is 0 Å². The second-order valence-electron chi connectivity index (χ2n) is 11.9. The lowest BCUT2D eigenvalue weighted by atomic mass is 9.90. The third-order valence-electron chi connectivity index (χ3n) is 8.07. The summed E-state index contributed by atoms with van der Waals surface area (Å²) in [6.07, 6.45) is 24.1. The topological polar surface area (TPSA) is 155 Å². The van der Waals surface area contributed by atoms with Gasteiger partial charge in [0, 0.05) is 50.0 Å². The molecule has 1 unspecified atom stereocenters. The van der Waals surface area contributed by atoms with Gasteiger partial charge in [-0.3, -0.25) is 19.2 Å². The maximum absolute atomic E-state index is 12.4. The highest BCUT2D eigenvalue weighted by Gasteiger charge is 2.19. The molecule has 0 aliphatic carbocycles. The molecule has 0 saturated heterocycles. The lowest BCUT2D eigenvalue weighted by Gasteiger charge is -2.15. The molecule has 0 aromatic carbocycles. The van der Waals surface area contributed by atoms with Gasteiger partial charge in [-0.05, 0) is 39.0 Å². The second kappa shape index (κ2) is 25.0. The molecular weight excluding hydrogens is 532 g/mol. The number of unbranched alkanes of at least 4 members (excludes halogenated alkanes) is 14. The molecule has 1 aromatic heterocycles. The minimum absolute atomic E-state index is 0.0332. The summed E-state index contributed by atoms with van der Waals surface area (Å²) >= 11 is 0. The Bertz CT molecular complexity index is 859. The number of carboxylic acid groups (broad SMARTS) is 1. The third kappa shape index (κ3) is 21.2. The van der Waals surface area contributed by atoms with Crippen molar-refractivity contribution in [1.29, 1.82) is 0 Å². The molecule has 0 aliphatic rings. The Morgan fingerprint density at radius 1 is 0.786 bits per heavy atom. The van der Waals surface area contributed by atoms with Crippen LogP contribution in [0.1, 0.15) is 147 Å². The molecule has 42 heavy (non-hydrogen) atoms. The van der Waals surface area contributed by atoms with E-state index in [-0.39, 0.29) is 23.4 Å². The van der Waals surface area contributed by atoms with Crippen LogP contribution in [0.4, 0.5) is 0 Å². The quantitative estimate of drug-likeness (QED) is 0.0782. The van der Waals surface area contributed by atoms with E-state index in [4.69, 9.17) is 10.8 Å². The van der Waals surface area contributed by atoms with Crippen molar-refractivity contribution in [3.63, 3.8) is 0 Å². The van der Waals surface area contributed by atoms with E-state index in [0.29, 0.717) is 38.6 Å². The van der Waals surface area contributed by atoms with Crippen molar-refractivity contribution in [3.05, 3.63) is 18.2 Å². The van der Waals surface area contributed by atoms with Crippen LogP contribution in [0.5, 0.6) is 0 Å². The Kier molecular flexibility index (Phi) is 22.3. The zero-order valence-electron chi connectivity index (χ0n) is 26.2. The number of amides is 1. The molecular formula is C33H58N4O5. The number of nitrogens with two attached hydrogens (primary N) is 1. The number of H-pyrrole nitrogens is 1. The van der Waals surface area contributed by atoms with Crippen molar-refractivity contribution in [2.45, 2.75) is 154 Å². The zero-order valence-corrected chi connectivity index (χ0v) is 26.2. The Morgan fingerprint density at radius 3 is 1.83 bits per heavy atom. The smallest absolute Gasteiger partial charge is 0.303 e. The van der Waals surface area contributed by atoms with E-state index >= 15 is 0 Å². The first-order valence-corrected chi connectivity index (χ1v) is 16.5. The average molecular weight is 591 g/mol. The van der Waals surface area contributed by atoms with Crippen LogP contribution in [0.2, 0.25) is 0 Å². The van der Waals surface area contributed by atoms with E-state index in [1.165, 1.54) is 57.8 Å². The number of nitrogens with one attached hydrogen (secondary N) is 2. The third-order valence-corrected chi connectivity index (χ3v) is 8.07. The Balaban J connectivity index is 1.92. The number of carbonyl (C=O) groups excluding carboxylic acids is 3. The molecule has 0 spiro atoms. The second-order valence-corrected chi connectivity index (χ2v) is 11.9. The molecule has 240 valence electrons. The van der Waals surface area contributed by atoms with Crippen molar-refractivity contribution in [3.8, 4) is 0 Å². The fourth-order valence-electron chi connectivity index (χ4n) is 5.31. The molecule has 9 heteroatoms. The highest BCUT2D eigenvalue weighted by atomic mass is 16.4. The zero-order chi connectivity index (χ0) is 30.8. The van der Waals surface area contributed by atoms with E-state index < -0.39 is 12.0 Å². The molecule has 0 aliphatic heterocycles. The number of rotatable bonds is 29. The summed E-state index contributed by atoms with van der Waals surface area (Å²) in [6, 6.07) is -0.588. The number of carbonyl (C=O) groups is 4. The van der Waals surface area contributed by atoms with Crippen molar-refractivity contribution in [2.75, 3.05) is 6.54 Å². The number of imidazole rings is 1. The monoisotopic (exact) mass is 590 g/mol. The Hall–Kier alpha value is -2.55. The summed E-state index contributed by atoms with van der Waals surface area (Å²) in [7, 11) is 0. The van der Waals surface area contributed by atoms with E-state index in [2.05, 4.69) is 15.3 Å². The minimum Gasteiger partial charge on any atom is -0.481 e. The molecule has 9 nitrogen and oxygen atoms in total. The molecule has 0 radical (unpaired) electrons. The van der Waals surface area contributed by atoms with Crippen LogP contribution in [0.3, 0.4) is 0 Å². The van der Waals surface area contributed by atoms with Gasteiger partial charge in [0.2, 0.25) is 5.91 Å². The Labute approximate surface area is 253 Å². The number of Topliss-reactive ketones (excluding diaryl/α,β-unsaturated/α-hetero) is 2. The van der Waals surface area contributed by atoms with Gasteiger partial charge in [0.15, 0.2) is 0 Å². The number of aromatic nitrogens is 2. The van der Waals surface area contributed by atoms with Crippen LogP contribution in [-0.4, -0.2) is 51.1 Å². The standard InChI is InChI=1S/C33H58N4O5/c1-27(38)28(21-22-31(39)30(34)24-29-25-35-26-37-29)18-16-17-23-36-32(40)19-14-12-10-8-6-4-2-3-5-7-9-11-13-15-20-33(41)42/h25-26,28,30H,2-24,34H2,1H3,(H,35,37)(H,36,40)(H,41,42)/t28-,30?/m0/s1. The van der Waals surface area contributed by atoms with E-state index in [1.807, 2.05) is 0 Å². The fourth-order valence-corrected chi connectivity index (χ4v) is 5.31. The maximum Gasteiger partial charge on any atom is 0.303 e. The van der Waals surface area contributed by atoms with Gasteiger partial charge in [0.25, 0.3) is 0 Å². The first-order chi connectivity index (χ1) is 20.3. The maximum atomic E-state index is 12.4. The summed E-state index contributed by atoms with van der Waals surface area (Å²) in [6.45, 7) is 2.21. The van der Waals surface area contributed by atoms with Gasteiger partial charge in [-0.2, -0.15) is 0 Å². The number of carboxylic acids is 1. The van der Waals surface area contributed by atoms with E-state index in [0.717, 1.165) is 57.1 Å². The molecule has 1 heterocycles. The van der Waals surface area contributed by atoms with Gasteiger partial charge >= 0.3 is 5.97 Å². The van der Waals surface area contributed by atoms with E-state index in [1.54, 1.807) is 19.4 Å². The van der Waals surface area contributed by atoms with Crippen molar-refractivity contribution in [2.24, 2.45) is 11.7 Å². The van der Waals surface area contributed by atoms with Crippen molar-refractivity contribution < 1.29 is 24.3 Å². The summed E-state index contributed by atoms with van der Waals surface area (Å²) < 4.78 is 0. The van der Waals surface area contributed by atoms with Crippen LogP contribution in [-0.2, 0) is 25.6 Å². The summed E-state index contributed by atoms with van der Waals surface area (Å²) in [5.41, 5.74) is 6.84. The number of aliphatic carboxylic acids is 1. The first kappa shape index (κ1) is 37.5. The highest BCUT2D eigenvalue weighted by Crippen LogP contribution is 2.18. The largest absolute Gasteiger partial charge is 0.481 e. The normalized spacial score (nSPS) is 12.6. The van der Waals surface area contributed by atoms with Gasteiger partial charge in [0.05, 0.1) is 12.4 Å². The number of hydrogen-bond acceptors (Lipinski definition) is 6. The lowest BCUT2D eigenvalue weighted by Crippen LogP contribution is -2.33. The predicted molar refractivity (Wildman–Crippen MR) is 167 cm³/mol. The van der Waals surface area contributed by atoms with Crippen molar-refractivity contribution in [1.82, 2.24) is 15.3 Å². The van der Waals surface area contributed by atoms with Crippen molar-refractivity contribution >= 4 is 23.4 Å². The molecule has 1 rings (SSSR count). The van der Waals surface area contributed by atoms with Gasteiger partial charge in [-0.15, -0.1) is 0 Å². The number of nitrogens with zero attached hydrogens (tertiary/aromatic N) is 1. The molecule has 2 atom stereocenters. The molecule has 0 saturated carbocycles. The molecule has 5 N–H and O–H groups in total. The predicted octanol–water partition coefficient (Wildman–Crippen LogP) is 6.45. The van der Waals surface area contributed by atoms with Crippen LogP contribution in [0, 0.1) is 5.92 Å². The lowest BCUT2D eigenvalue weighted by molar-refractivity contribution is -0.137. The summed E-state index contributed by atoms with van der Waals surface area (Å²) in [5, 5.41) is 11.6. The molecule has 1 amide bonds. The van der Waals surface area contributed by atoms with Gasteiger partial charge in [-0.25, -0.2) is 4.98 Å². The van der Waals surface area contributed by atoms with Crippen LogP contribution in [0.25, 0.3) is 0 Å². The molecule has 1 aromatic rings. The van der Waals surface area contributed by atoms with Crippen LogP contribution in [0.15, 0.2) is 12.5 Å². The molecule has 0 bridgehead atoms. The Morgan fingerprint density at radius 2 is 1.33 bits per heavy atom. The number of aromatic amines is 1. The van der Waals surface area contributed by atoms with E-state index in [9.17, 15) is 19.2 Å². The number of hydrogen-bond donors (Lipinski definition) is 4. The number of ketones is 2. The van der Waals surface area contributed by atoms with Gasteiger partial charge in [-0.1, -0.05) is 83.5 Å². The fraction of sp³-hybridized carbons (Fsp3) is 0.788.